The third kappa shape index (κ3) is 3.42. The minimum atomic E-state index is -0.180. The van der Waals surface area contributed by atoms with E-state index in [1.807, 2.05) is 61.5 Å². The lowest BCUT2D eigenvalue weighted by Gasteiger charge is -2.31. The third-order valence-electron chi connectivity index (χ3n) is 4.64. The Morgan fingerprint density at radius 3 is 2.52 bits per heavy atom. The number of hydrogen-bond donors (Lipinski definition) is 1. The number of hydrogen-bond acceptors (Lipinski definition) is 3. The molecule has 0 unspecified atom stereocenters. The molecular weight excluding hydrogens is 336 g/mol. The predicted molar refractivity (Wildman–Crippen MR) is 108 cm³/mol. The molecule has 0 saturated carbocycles. The van der Waals surface area contributed by atoms with E-state index in [1.54, 1.807) is 29.2 Å². The maximum Gasteiger partial charge on any atom is 0.294 e. The Morgan fingerprint density at radius 2 is 1.74 bits per heavy atom. The molecule has 0 saturated heterocycles. The molecule has 0 bridgehead atoms. The molecule has 1 heterocycles. The topological polar surface area (TPSA) is 55.6 Å². The van der Waals surface area contributed by atoms with Gasteiger partial charge in [-0.15, -0.1) is 0 Å². The molecule has 0 aromatic heterocycles. The lowest BCUT2D eigenvalue weighted by atomic mass is 10.1. The number of carbonyl (C=O) groups is 1. The Kier molecular flexibility index (Phi) is 4.38. The van der Waals surface area contributed by atoms with Crippen molar-refractivity contribution in [3.8, 4) is 5.75 Å². The zero-order valence-electron chi connectivity index (χ0n) is 15.1. The molecular formula is C23H20N2O2. The fraction of sp³-hybridized carbons (Fsp3) is 0.0870. The summed E-state index contributed by atoms with van der Waals surface area (Å²) in [6, 6.07) is 23.1. The average molecular weight is 356 g/mol. The van der Waals surface area contributed by atoms with Gasteiger partial charge in [0.25, 0.3) is 5.91 Å². The average Bonchev–Trinajstić information content (AvgIpc) is 2.68. The highest BCUT2D eigenvalue weighted by atomic mass is 16.5. The second-order valence-corrected chi connectivity index (χ2v) is 6.57. The number of carbonyl (C=O) groups excluding carboxylic acids is 1. The molecule has 4 heteroatoms. The van der Waals surface area contributed by atoms with Crippen LogP contribution in [0, 0.1) is 6.92 Å². The molecule has 1 aliphatic heterocycles. The Balaban J connectivity index is 1.78. The summed E-state index contributed by atoms with van der Waals surface area (Å²) < 4.78 is 5.92. The lowest BCUT2D eigenvalue weighted by Crippen LogP contribution is -2.37. The van der Waals surface area contributed by atoms with Crippen molar-refractivity contribution in [1.82, 2.24) is 0 Å². The molecule has 0 radical (unpaired) electrons. The molecule has 4 nitrogen and oxygen atoms in total. The van der Waals surface area contributed by atoms with Crippen molar-refractivity contribution in [2.75, 3.05) is 10.6 Å². The smallest absolute Gasteiger partial charge is 0.294 e. The van der Waals surface area contributed by atoms with Crippen molar-refractivity contribution >= 4 is 23.4 Å². The van der Waals surface area contributed by atoms with Gasteiger partial charge >= 0.3 is 0 Å². The van der Waals surface area contributed by atoms with Crippen molar-refractivity contribution in [1.29, 1.82) is 0 Å². The predicted octanol–water partition coefficient (Wildman–Crippen LogP) is 4.54. The van der Waals surface area contributed by atoms with Gasteiger partial charge in [0.1, 0.15) is 0 Å². The summed E-state index contributed by atoms with van der Waals surface area (Å²) in [5.74, 6) is 0.742. The minimum Gasteiger partial charge on any atom is -0.449 e. The third-order valence-corrected chi connectivity index (χ3v) is 4.64. The fourth-order valence-electron chi connectivity index (χ4n) is 3.14. The van der Waals surface area contributed by atoms with Gasteiger partial charge in [-0.2, -0.15) is 0 Å². The molecule has 4 rings (SSSR count). The molecule has 3 aromatic carbocycles. The number of fused-ring (bicyclic) bond motifs is 1. The van der Waals surface area contributed by atoms with Crippen LogP contribution in [0.3, 0.4) is 0 Å². The molecule has 0 atom stereocenters. The molecule has 2 N–H and O–H groups in total. The zero-order valence-corrected chi connectivity index (χ0v) is 15.1. The molecule has 1 amide bonds. The molecule has 0 spiro atoms. The minimum absolute atomic E-state index is 0.180. The van der Waals surface area contributed by atoms with Gasteiger partial charge < -0.3 is 10.5 Å². The second kappa shape index (κ2) is 7.00. The first kappa shape index (κ1) is 16.9. The van der Waals surface area contributed by atoms with E-state index in [2.05, 4.69) is 0 Å². The first-order chi connectivity index (χ1) is 13.1. The number of aryl methyl sites for hydroxylation is 1. The Labute approximate surface area is 158 Å². The number of amides is 1. The van der Waals surface area contributed by atoms with Crippen LogP contribution in [0.2, 0.25) is 0 Å². The highest BCUT2D eigenvalue weighted by molar-refractivity contribution is 6.10. The van der Waals surface area contributed by atoms with Crippen LogP contribution < -0.4 is 15.4 Å². The summed E-state index contributed by atoms with van der Waals surface area (Å²) in [4.78, 5) is 14.9. The number of nitrogens with two attached hydrogens (primary N) is 1. The van der Waals surface area contributed by atoms with Crippen molar-refractivity contribution < 1.29 is 9.53 Å². The van der Waals surface area contributed by atoms with Crippen LogP contribution in [-0.2, 0) is 11.3 Å². The van der Waals surface area contributed by atoms with E-state index in [9.17, 15) is 4.79 Å². The maximum atomic E-state index is 13.2. The quantitative estimate of drug-likeness (QED) is 0.553. The number of nitrogen functional groups attached to an aromatic ring is 1. The van der Waals surface area contributed by atoms with Gasteiger partial charge in [0.2, 0.25) is 0 Å². The number of ether oxygens (including phenoxy) is 1. The summed E-state index contributed by atoms with van der Waals surface area (Å²) >= 11 is 0. The van der Waals surface area contributed by atoms with E-state index < -0.39 is 0 Å². The summed E-state index contributed by atoms with van der Waals surface area (Å²) in [5, 5.41) is 0. The molecule has 134 valence electrons. The van der Waals surface area contributed by atoms with E-state index in [4.69, 9.17) is 10.5 Å². The van der Waals surface area contributed by atoms with E-state index >= 15 is 0 Å². The van der Waals surface area contributed by atoms with Crippen LogP contribution in [0.25, 0.3) is 6.08 Å². The van der Waals surface area contributed by atoms with E-state index in [-0.39, 0.29) is 5.91 Å². The fourth-order valence-corrected chi connectivity index (χ4v) is 3.14. The summed E-state index contributed by atoms with van der Waals surface area (Å²) in [6.45, 7) is 2.50. The van der Waals surface area contributed by atoms with Crippen LogP contribution in [0.5, 0.6) is 5.75 Å². The molecule has 0 aliphatic carbocycles. The first-order valence-electron chi connectivity index (χ1n) is 8.82. The maximum absolute atomic E-state index is 13.2. The van der Waals surface area contributed by atoms with Gasteiger partial charge in [0.05, 0.1) is 12.2 Å². The lowest BCUT2D eigenvalue weighted by molar-refractivity contribution is -0.117. The van der Waals surface area contributed by atoms with E-state index in [0.717, 1.165) is 16.7 Å². The highest BCUT2D eigenvalue weighted by Crippen LogP contribution is 2.38. The van der Waals surface area contributed by atoms with E-state index in [1.165, 1.54) is 0 Å². The molecule has 0 fully saturated rings. The molecule has 1 aliphatic rings. The number of benzene rings is 3. The van der Waals surface area contributed by atoms with Crippen molar-refractivity contribution in [3.05, 3.63) is 95.2 Å². The zero-order chi connectivity index (χ0) is 18.8. The van der Waals surface area contributed by atoms with Gasteiger partial charge in [0.15, 0.2) is 11.5 Å². The van der Waals surface area contributed by atoms with Crippen LogP contribution in [-0.4, -0.2) is 5.91 Å². The van der Waals surface area contributed by atoms with Crippen LogP contribution in [0.15, 0.2) is 78.6 Å². The second-order valence-electron chi connectivity index (χ2n) is 6.57. The van der Waals surface area contributed by atoms with Crippen molar-refractivity contribution in [2.45, 2.75) is 13.5 Å². The first-order valence-corrected chi connectivity index (χ1v) is 8.82. The van der Waals surface area contributed by atoms with Crippen molar-refractivity contribution in [2.24, 2.45) is 0 Å². The Hall–Kier alpha value is -3.53. The summed E-state index contributed by atoms with van der Waals surface area (Å²) in [6.07, 6.45) is 1.77. The van der Waals surface area contributed by atoms with Gasteiger partial charge in [-0.05, 0) is 47.9 Å². The normalized spacial score (nSPS) is 14.8. The van der Waals surface area contributed by atoms with Crippen LogP contribution >= 0.6 is 0 Å². The van der Waals surface area contributed by atoms with Gasteiger partial charge in [-0.1, -0.05) is 54.6 Å². The summed E-state index contributed by atoms with van der Waals surface area (Å²) in [5.41, 5.74) is 10.4. The standard InChI is InChI=1S/C23H20N2O2/c1-16-7-5-6-10-18(16)15-25-20-14-19(24)11-12-21(20)27-22(23(25)26)13-17-8-3-2-4-9-17/h2-14H,15,24H2,1H3/b22-13+. The number of nitrogens with zero attached hydrogens (tertiary/aromatic N) is 1. The summed E-state index contributed by atoms with van der Waals surface area (Å²) in [7, 11) is 0. The molecule has 3 aromatic rings. The number of anilines is 2. The van der Waals surface area contributed by atoms with E-state index in [0.29, 0.717) is 29.4 Å². The van der Waals surface area contributed by atoms with Crippen molar-refractivity contribution in [3.63, 3.8) is 0 Å². The van der Waals surface area contributed by atoms with Gasteiger partial charge in [-0.25, -0.2) is 0 Å². The monoisotopic (exact) mass is 356 g/mol. The van der Waals surface area contributed by atoms with Crippen LogP contribution in [0.4, 0.5) is 11.4 Å². The number of rotatable bonds is 3. The SMILES string of the molecule is Cc1ccccc1CN1C(=O)/C(=C\c2ccccc2)Oc2ccc(N)cc21. The van der Waals surface area contributed by atoms with Crippen LogP contribution in [0.1, 0.15) is 16.7 Å². The Bertz CT molecular complexity index is 1030. The van der Waals surface area contributed by atoms with Gasteiger partial charge in [0, 0.05) is 5.69 Å². The Morgan fingerprint density at radius 1 is 1.00 bits per heavy atom. The highest BCUT2D eigenvalue weighted by Gasteiger charge is 2.30. The van der Waals surface area contributed by atoms with Gasteiger partial charge in [-0.3, -0.25) is 9.69 Å². The largest absolute Gasteiger partial charge is 0.449 e. The molecule has 27 heavy (non-hydrogen) atoms.